The molecule has 0 fully saturated rings. The highest BCUT2D eigenvalue weighted by Crippen LogP contribution is 2.20. The first kappa shape index (κ1) is 16.9. The Balaban J connectivity index is 3.00. The van der Waals surface area contributed by atoms with Crippen molar-refractivity contribution in [2.24, 2.45) is 0 Å². The standard InChI is InChI=1S/C12H20N2O4S2/c1-4-13-11-7-5-6-8-12(11)20(17,18)14-10(2)9-19(3,15)16/h5-8,10,13-14H,4,9H2,1-3H3. The molecule has 0 spiro atoms. The van der Waals surface area contributed by atoms with E-state index in [4.69, 9.17) is 0 Å². The zero-order chi connectivity index (χ0) is 15.4. The van der Waals surface area contributed by atoms with E-state index in [9.17, 15) is 16.8 Å². The molecule has 0 aliphatic heterocycles. The van der Waals surface area contributed by atoms with E-state index < -0.39 is 25.9 Å². The van der Waals surface area contributed by atoms with Crippen LogP contribution in [0.15, 0.2) is 29.2 Å². The van der Waals surface area contributed by atoms with E-state index >= 15 is 0 Å². The highest BCUT2D eigenvalue weighted by atomic mass is 32.2. The molecule has 0 aliphatic carbocycles. The maximum Gasteiger partial charge on any atom is 0.242 e. The van der Waals surface area contributed by atoms with E-state index in [0.29, 0.717) is 12.2 Å². The molecular weight excluding hydrogens is 300 g/mol. The van der Waals surface area contributed by atoms with Gasteiger partial charge in [0.1, 0.15) is 14.7 Å². The van der Waals surface area contributed by atoms with Crippen molar-refractivity contribution in [2.45, 2.75) is 24.8 Å². The summed E-state index contributed by atoms with van der Waals surface area (Å²) in [6, 6.07) is 5.81. The summed E-state index contributed by atoms with van der Waals surface area (Å²) < 4.78 is 49.3. The summed E-state index contributed by atoms with van der Waals surface area (Å²) in [5.74, 6) is -0.240. The van der Waals surface area contributed by atoms with Gasteiger partial charge in [0.05, 0.1) is 11.4 Å². The molecule has 0 aliphatic rings. The summed E-state index contributed by atoms with van der Waals surface area (Å²) in [5, 5.41) is 2.97. The smallest absolute Gasteiger partial charge is 0.242 e. The zero-order valence-corrected chi connectivity index (χ0v) is 13.4. The molecular formula is C12H20N2O4S2. The molecule has 0 radical (unpaired) electrons. The van der Waals surface area contributed by atoms with E-state index in [1.807, 2.05) is 6.92 Å². The van der Waals surface area contributed by atoms with Crippen LogP contribution < -0.4 is 10.0 Å². The number of sulfone groups is 1. The second-order valence-electron chi connectivity index (χ2n) is 4.64. The summed E-state index contributed by atoms with van der Waals surface area (Å²) in [7, 11) is -7.00. The van der Waals surface area contributed by atoms with Gasteiger partial charge in [-0.3, -0.25) is 0 Å². The van der Waals surface area contributed by atoms with E-state index in [0.717, 1.165) is 6.26 Å². The number of hydrogen-bond acceptors (Lipinski definition) is 5. The fourth-order valence-electron chi connectivity index (χ4n) is 1.85. The predicted molar refractivity (Wildman–Crippen MR) is 80.1 cm³/mol. The van der Waals surface area contributed by atoms with Crippen molar-refractivity contribution in [3.63, 3.8) is 0 Å². The van der Waals surface area contributed by atoms with Crippen LogP contribution in [-0.4, -0.2) is 41.4 Å². The first-order chi connectivity index (χ1) is 9.15. The van der Waals surface area contributed by atoms with Crippen LogP contribution in [0.1, 0.15) is 13.8 Å². The number of benzene rings is 1. The van der Waals surface area contributed by atoms with E-state index in [-0.39, 0.29) is 10.6 Å². The molecule has 6 nitrogen and oxygen atoms in total. The van der Waals surface area contributed by atoms with Crippen molar-refractivity contribution in [1.29, 1.82) is 0 Å². The predicted octanol–water partition coefficient (Wildman–Crippen LogP) is 0.830. The van der Waals surface area contributed by atoms with Crippen LogP contribution in [0, 0.1) is 0 Å². The SMILES string of the molecule is CCNc1ccccc1S(=O)(=O)NC(C)CS(C)(=O)=O. The normalized spacial score (nSPS) is 13.9. The van der Waals surface area contributed by atoms with Gasteiger partial charge >= 0.3 is 0 Å². The fourth-order valence-corrected chi connectivity index (χ4v) is 4.38. The lowest BCUT2D eigenvalue weighted by Crippen LogP contribution is -2.37. The highest BCUT2D eigenvalue weighted by molar-refractivity contribution is 7.91. The van der Waals surface area contributed by atoms with Crippen molar-refractivity contribution < 1.29 is 16.8 Å². The third kappa shape index (κ3) is 5.10. The van der Waals surface area contributed by atoms with Crippen molar-refractivity contribution in [1.82, 2.24) is 4.72 Å². The highest BCUT2D eigenvalue weighted by Gasteiger charge is 2.22. The number of anilines is 1. The molecule has 8 heteroatoms. The lowest BCUT2D eigenvalue weighted by atomic mass is 10.3. The summed E-state index contributed by atoms with van der Waals surface area (Å²) in [6.07, 6.45) is 1.07. The lowest BCUT2D eigenvalue weighted by Gasteiger charge is -2.16. The minimum atomic E-state index is -3.76. The number of nitrogens with one attached hydrogen (secondary N) is 2. The van der Waals surface area contributed by atoms with E-state index in [1.54, 1.807) is 18.2 Å². The molecule has 0 heterocycles. The fraction of sp³-hybridized carbons (Fsp3) is 0.500. The van der Waals surface area contributed by atoms with Crippen molar-refractivity contribution in [2.75, 3.05) is 23.9 Å². The van der Waals surface area contributed by atoms with Crippen molar-refractivity contribution in [3.8, 4) is 0 Å². The Labute approximate surface area is 120 Å². The third-order valence-electron chi connectivity index (χ3n) is 2.45. The molecule has 1 aromatic carbocycles. The monoisotopic (exact) mass is 320 g/mol. The van der Waals surface area contributed by atoms with Gasteiger partial charge in [-0.25, -0.2) is 21.6 Å². The van der Waals surface area contributed by atoms with Gasteiger partial charge in [0.2, 0.25) is 10.0 Å². The number of sulfonamides is 1. The van der Waals surface area contributed by atoms with Crippen LogP contribution in [0.4, 0.5) is 5.69 Å². The largest absolute Gasteiger partial charge is 0.384 e. The quantitative estimate of drug-likeness (QED) is 0.776. The zero-order valence-electron chi connectivity index (χ0n) is 11.8. The maximum absolute atomic E-state index is 12.3. The minimum Gasteiger partial charge on any atom is -0.384 e. The Morgan fingerprint density at radius 3 is 2.30 bits per heavy atom. The van der Waals surface area contributed by atoms with Crippen LogP contribution in [0.2, 0.25) is 0 Å². The average Bonchev–Trinajstić information content (AvgIpc) is 2.26. The van der Waals surface area contributed by atoms with Gasteiger partial charge in [0.25, 0.3) is 0 Å². The molecule has 0 saturated carbocycles. The van der Waals surface area contributed by atoms with Crippen LogP contribution in [0.3, 0.4) is 0 Å². The van der Waals surface area contributed by atoms with Crippen LogP contribution in [0.25, 0.3) is 0 Å². The molecule has 20 heavy (non-hydrogen) atoms. The Kier molecular flexibility index (Phi) is 5.55. The molecule has 0 aromatic heterocycles. The van der Waals surface area contributed by atoms with Crippen molar-refractivity contribution >= 4 is 25.5 Å². The van der Waals surface area contributed by atoms with Gasteiger partial charge < -0.3 is 5.32 Å². The van der Waals surface area contributed by atoms with Crippen molar-refractivity contribution in [3.05, 3.63) is 24.3 Å². The van der Waals surface area contributed by atoms with Gasteiger partial charge in [-0.05, 0) is 26.0 Å². The Morgan fingerprint density at radius 2 is 1.75 bits per heavy atom. The maximum atomic E-state index is 12.3. The second kappa shape index (κ2) is 6.55. The molecule has 0 amide bonds. The summed E-state index contributed by atoms with van der Waals surface area (Å²) in [5.41, 5.74) is 0.494. The molecule has 1 rings (SSSR count). The summed E-state index contributed by atoms with van der Waals surface area (Å²) >= 11 is 0. The van der Waals surface area contributed by atoms with Gasteiger partial charge in [-0.2, -0.15) is 0 Å². The molecule has 1 atom stereocenters. The topological polar surface area (TPSA) is 92.3 Å². The lowest BCUT2D eigenvalue weighted by molar-refractivity contribution is 0.564. The van der Waals surface area contributed by atoms with E-state index in [2.05, 4.69) is 10.0 Å². The van der Waals surface area contributed by atoms with Gasteiger partial charge in [-0.15, -0.1) is 0 Å². The van der Waals surface area contributed by atoms with Gasteiger partial charge in [0, 0.05) is 18.8 Å². The summed E-state index contributed by atoms with van der Waals surface area (Å²) in [4.78, 5) is 0.113. The first-order valence-electron chi connectivity index (χ1n) is 6.18. The van der Waals surface area contributed by atoms with Crippen LogP contribution in [0.5, 0.6) is 0 Å². The molecule has 1 unspecified atom stereocenters. The molecule has 2 N–H and O–H groups in total. The average molecular weight is 320 g/mol. The third-order valence-corrected chi connectivity index (χ3v) is 5.21. The molecule has 0 bridgehead atoms. The Bertz CT molecular complexity index is 654. The number of hydrogen-bond donors (Lipinski definition) is 2. The molecule has 1 aromatic rings. The Morgan fingerprint density at radius 1 is 1.15 bits per heavy atom. The summed E-state index contributed by atoms with van der Waals surface area (Å²) in [6.45, 7) is 3.98. The minimum absolute atomic E-state index is 0.113. The molecule has 0 saturated heterocycles. The van der Waals surface area contributed by atoms with Crippen LogP contribution >= 0.6 is 0 Å². The van der Waals surface area contributed by atoms with Crippen LogP contribution in [-0.2, 0) is 19.9 Å². The molecule has 114 valence electrons. The number of para-hydroxylation sites is 1. The van der Waals surface area contributed by atoms with E-state index in [1.165, 1.54) is 13.0 Å². The van der Waals surface area contributed by atoms with Gasteiger partial charge in [-0.1, -0.05) is 12.1 Å². The van der Waals surface area contributed by atoms with Gasteiger partial charge in [0.15, 0.2) is 0 Å². The first-order valence-corrected chi connectivity index (χ1v) is 9.73. The number of rotatable bonds is 7. The second-order valence-corrected chi connectivity index (χ2v) is 8.51. The Hall–Kier alpha value is -1.12.